The standard InChI is InChI=1S/C14H17Br2NO4/c15-10-1-2-12(11(16)7-10)21-8-13(18)17-9-14(19)3-5-20-6-4-14/h1-2,7,19H,3-6,8-9H2,(H,17,18). The maximum Gasteiger partial charge on any atom is 0.258 e. The van der Waals surface area contributed by atoms with Crippen molar-refractivity contribution in [1.29, 1.82) is 0 Å². The summed E-state index contributed by atoms with van der Waals surface area (Å²) >= 11 is 6.72. The van der Waals surface area contributed by atoms with E-state index < -0.39 is 5.60 Å². The van der Waals surface area contributed by atoms with E-state index in [1.807, 2.05) is 12.1 Å². The molecule has 1 saturated heterocycles. The van der Waals surface area contributed by atoms with Crippen LogP contribution in [-0.2, 0) is 9.53 Å². The number of ether oxygens (including phenoxy) is 2. The predicted molar refractivity (Wildman–Crippen MR) is 85.3 cm³/mol. The van der Waals surface area contributed by atoms with E-state index in [0.29, 0.717) is 31.8 Å². The van der Waals surface area contributed by atoms with Gasteiger partial charge < -0.3 is 19.9 Å². The Morgan fingerprint density at radius 2 is 2.10 bits per heavy atom. The summed E-state index contributed by atoms with van der Waals surface area (Å²) in [5.74, 6) is 0.336. The fraction of sp³-hybridized carbons (Fsp3) is 0.500. The van der Waals surface area contributed by atoms with Gasteiger partial charge in [0.2, 0.25) is 0 Å². The Bertz CT molecular complexity index is 504. The van der Waals surface area contributed by atoms with Gasteiger partial charge in [-0.2, -0.15) is 0 Å². The minimum atomic E-state index is -0.869. The molecule has 0 aliphatic carbocycles. The molecule has 0 aromatic heterocycles. The third-order valence-corrected chi connectivity index (χ3v) is 4.40. The largest absolute Gasteiger partial charge is 0.483 e. The van der Waals surface area contributed by atoms with Crippen molar-refractivity contribution in [2.24, 2.45) is 0 Å². The summed E-state index contributed by atoms with van der Waals surface area (Å²) in [6.45, 7) is 1.18. The molecule has 0 radical (unpaired) electrons. The lowest BCUT2D eigenvalue weighted by atomic mass is 9.94. The number of amides is 1. The SMILES string of the molecule is O=C(COc1ccc(Br)cc1Br)NCC1(O)CCOCC1. The van der Waals surface area contributed by atoms with Crippen molar-refractivity contribution < 1.29 is 19.4 Å². The average molecular weight is 423 g/mol. The highest BCUT2D eigenvalue weighted by Gasteiger charge is 2.30. The Morgan fingerprint density at radius 1 is 1.38 bits per heavy atom. The zero-order valence-corrected chi connectivity index (χ0v) is 14.6. The van der Waals surface area contributed by atoms with Crippen LogP contribution in [0.15, 0.2) is 27.1 Å². The van der Waals surface area contributed by atoms with E-state index in [0.717, 1.165) is 8.95 Å². The maximum absolute atomic E-state index is 11.8. The van der Waals surface area contributed by atoms with Crippen molar-refractivity contribution in [1.82, 2.24) is 5.32 Å². The fourth-order valence-electron chi connectivity index (χ4n) is 1.98. The molecule has 5 nitrogen and oxygen atoms in total. The first-order valence-electron chi connectivity index (χ1n) is 6.63. The van der Waals surface area contributed by atoms with Gasteiger partial charge in [-0.1, -0.05) is 15.9 Å². The van der Waals surface area contributed by atoms with Crippen LogP contribution in [-0.4, -0.2) is 43.0 Å². The van der Waals surface area contributed by atoms with Crippen LogP contribution in [0, 0.1) is 0 Å². The van der Waals surface area contributed by atoms with E-state index in [-0.39, 0.29) is 19.1 Å². The van der Waals surface area contributed by atoms with E-state index >= 15 is 0 Å². The van der Waals surface area contributed by atoms with Gasteiger partial charge in [-0.05, 0) is 34.1 Å². The summed E-state index contributed by atoms with van der Waals surface area (Å²) in [5.41, 5.74) is -0.869. The Labute approximate surface area is 140 Å². The van der Waals surface area contributed by atoms with Crippen LogP contribution >= 0.6 is 31.9 Å². The first kappa shape index (κ1) is 16.7. The smallest absolute Gasteiger partial charge is 0.258 e. The lowest BCUT2D eigenvalue weighted by Gasteiger charge is -2.32. The number of halogens is 2. The molecule has 0 bridgehead atoms. The second-order valence-electron chi connectivity index (χ2n) is 4.98. The highest BCUT2D eigenvalue weighted by atomic mass is 79.9. The first-order valence-corrected chi connectivity index (χ1v) is 8.22. The molecule has 0 saturated carbocycles. The number of hydrogen-bond donors (Lipinski definition) is 2. The van der Waals surface area contributed by atoms with Crippen LogP contribution in [0.4, 0.5) is 0 Å². The number of benzene rings is 1. The van der Waals surface area contributed by atoms with Gasteiger partial charge in [0.1, 0.15) is 5.75 Å². The van der Waals surface area contributed by atoms with Crippen LogP contribution in [0.3, 0.4) is 0 Å². The van der Waals surface area contributed by atoms with Gasteiger partial charge in [0.15, 0.2) is 6.61 Å². The number of carbonyl (C=O) groups is 1. The highest BCUT2D eigenvalue weighted by molar-refractivity contribution is 9.11. The molecule has 1 aromatic carbocycles. The summed E-state index contributed by atoms with van der Waals surface area (Å²) in [5, 5.41) is 12.9. The van der Waals surface area contributed by atoms with Gasteiger partial charge >= 0.3 is 0 Å². The topological polar surface area (TPSA) is 67.8 Å². The summed E-state index contributed by atoms with van der Waals surface area (Å²) < 4.78 is 12.3. The van der Waals surface area contributed by atoms with Crippen LogP contribution in [0.1, 0.15) is 12.8 Å². The lowest BCUT2D eigenvalue weighted by molar-refractivity contribution is -0.125. The molecule has 0 spiro atoms. The van der Waals surface area contributed by atoms with Gasteiger partial charge in [-0.25, -0.2) is 0 Å². The molecule has 2 N–H and O–H groups in total. The predicted octanol–water partition coefficient (Wildman–Crippen LogP) is 2.25. The molecule has 0 atom stereocenters. The van der Waals surface area contributed by atoms with Gasteiger partial charge in [-0.3, -0.25) is 4.79 Å². The molecule has 1 aromatic rings. The van der Waals surface area contributed by atoms with Gasteiger partial charge in [0, 0.05) is 37.1 Å². The van der Waals surface area contributed by atoms with E-state index in [4.69, 9.17) is 9.47 Å². The molecule has 7 heteroatoms. The second kappa shape index (κ2) is 7.58. The number of rotatable bonds is 5. The van der Waals surface area contributed by atoms with Gasteiger partial charge in [-0.15, -0.1) is 0 Å². The number of carbonyl (C=O) groups excluding carboxylic acids is 1. The summed E-state index contributed by atoms with van der Waals surface area (Å²) in [4.78, 5) is 11.8. The summed E-state index contributed by atoms with van der Waals surface area (Å²) in [6.07, 6.45) is 1.07. The zero-order valence-electron chi connectivity index (χ0n) is 11.4. The van der Waals surface area contributed by atoms with E-state index in [9.17, 15) is 9.90 Å². The Hall–Kier alpha value is -0.630. The van der Waals surface area contributed by atoms with Crippen LogP contribution < -0.4 is 10.1 Å². The van der Waals surface area contributed by atoms with Crippen molar-refractivity contribution in [2.75, 3.05) is 26.4 Å². The van der Waals surface area contributed by atoms with Crippen LogP contribution in [0.25, 0.3) is 0 Å². The van der Waals surface area contributed by atoms with E-state index in [1.54, 1.807) is 6.07 Å². The van der Waals surface area contributed by atoms with Gasteiger partial charge in [0.05, 0.1) is 10.1 Å². The second-order valence-corrected chi connectivity index (χ2v) is 6.75. The lowest BCUT2D eigenvalue weighted by Crippen LogP contribution is -2.47. The van der Waals surface area contributed by atoms with Crippen LogP contribution in [0.5, 0.6) is 5.75 Å². The quantitative estimate of drug-likeness (QED) is 0.763. The molecule has 2 rings (SSSR count). The third kappa shape index (κ3) is 5.25. The Kier molecular flexibility index (Phi) is 6.04. The fourth-order valence-corrected chi connectivity index (χ4v) is 3.14. The zero-order chi connectivity index (χ0) is 15.3. The Morgan fingerprint density at radius 3 is 2.76 bits per heavy atom. The van der Waals surface area contributed by atoms with E-state index in [1.165, 1.54) is 0 Å². The molecule has 0 unspecified atom stereocenters. The van der Waals surface area contributed by atoms with Crippen molar-refractivity contribution in [3.8, 4) is 5.75 Å². The molecular weight excluding hydrogens is 406 g/mol. The molecule has 1 aliphatic heterocycles. The van der Waals surface area contributed by atoms with Crippen LogP contribution in [0.2, 0.25) is 0 Å². The highest BCUT2D eigenvalue weighted by Crippen LogP contribution is 2.28. The molecule has 21 heavy (non-hydrogen) atoms. The minimum absolute atomic E-state index is 0.0905. The number of aliphatic hydroxyl groups is 1. The third-order valence-electron chi connectivity index (χ3n) is 3.29. The first-order chi connectivity index (χ1) is 9.98. The summed E-state index contributed by atoms with van der Waals surface area (Å²) in [7, 11) is 0. The maximum atomic E-state index is 11.8. The monoisotopic (exact) mass is 421 g/mol. The summed E-state index contributed by atoms with van der Waals surface area (Å²) in [6, 6.07) is 5.45. The molecule has 1 fully saturated rings. The van der Waals surface area contributed by atoms with Gasteiger partial charge in [0.25, 0.3) is 5.91 Å². The van der Waals surface area contributed by atoms with Crippen molar-refractivity contribution >= 4 is 37.8 Å². The molecule has 1 heterocycles. The van der Waals surface area contributed by atoms with Crippen molar-refractivity contribution in [3.63, 3.8) is 0 Å². The number of hydrogen-bond acceptors (Lipinski definition) is 4. The van der Waals surface area contributed by atoms with Crippen molar-refractivity contribution in [2.45, 2.75) is 18.4 Å². The van der Waals surface area contributed by atoms with E-state index in [2.05, 4.69) is 37.2 Å². The molecule has 1 amide bonds. The molecule has 1 aliphatic rings. The number of nitrogens with one attached hydrogen (secondary N) is 1. The molecular formula is C14H17Br2NO4. The normalized spacial score (nSPS) is 17.3. The average Bonchev–Trinajstić information content (AvgIpc) is 2.45. The van der Waals surface area contributed by atoms with Crippen molar-refractivity contribution in [3.05, 3.63) is 27.1 Å². The minimum Gasteiger partial charge on any atom is -0.483 e. The Balaban J connectivity index is 1.77. The molecule has 116 valence electrons.